The number of aliphatic carboxylic acids is 1. The van der Waals surface area contributed by atoms with Crippen molar-refractivity contribution in [2.45, 2.75) is 69.9 Å². The molecule has 1 amide bonds. The number of carboxylic acids is 1. The maximum Gasteiger partial charge on any atom is 0.329 e. The molecule has 0 spiro atoms. The van der Waals surface area contributed by atoms with Crippen LogP contribution in [0.3, 0.4) is 0 Å². The van der Waals surface area contributed by atoms with E-state index in [1.165, 1.54) is 0 Å². The van der Waals surface area contributed by atoms with E-state index in [0.29, 0.717) is 12.8 Å². The summed E-state index contributed by atoms with van der Waals surface area (Å²) >= 11 is 0. The van der Waals surface area contributed by atoms with E-state index in [2.05, 4.69) is 17.6 Å². The topological polar surface area (TPSA) is 78.4 Å². The van der Waals surface area contributed by atoms with Crippen molar-refractivity contribution >= 4 is 11.9 Å². The molecule has 5 heteroatoms. The summed E-state index contributed by atoms with van der Waals surface area (Å²) in [5.74, 6) is -0.752. The highest BCUT2D eigenvalue weighted by Crippen LogP contribution is 2.28. The fourth-order valence-corrected chi connectivity index (χ4v) is 3.44. The van der Waals surface area contributed by atoms with Gasteiger partial charge >= 0.3 is 5.97 Å². The van der Waals surface area contributed by atoms with Gasteiger partial charge in [-0.05, 0) is 38.1 Å². The van der Waals surface area contributed by atoms with Gasteiger partial charge in [0.05, 0.1) is 6.04 Å². The number of hydrogen-bond acceptors (Lipinski definition) is 3. The second-order valence-electron chi connectivity index (χ2n) is 6.34. The van der Waals surface area contributed by atoms with Crippen LogP contribution in [0.4, 0.5) is 0 Å². The summed E-state index contributed by atoms with van der Waals surface area (Å²) in [5.41, 5.74) is -1.05. The summed E-state index contributed by atoms with van der Waals surface area (Å²) in [6.07, 6.45) is 7.07. The van der Waals surface area contributed by atoms with Gasteiger partial charge in [0.2, 0.25) is 5.91 Å². The number of amides is 1. The van der Waals surface area contributed by atoms with Gasteiger partial charge in [0.25, 0.3) is 0 Å². The van der Waals surface area contributed by atoms with E-state index >= 15 is 0 Å². The van der Waals surface area contributed by atoms with Crippen LogP contribution in [0.5, 0.6) is 0 Å². The number of carboxylic acid groups (broad SMARTS) is 1. The third-order valence-electron chi connectivity index (χ3n) is 4.78. The molecule has 1 aliphatic carbocycles. The maximum atomic E-state index is 12.5. The molecule has 2 rings (SSSR count). The number of nitrogens with one attached hydrogen (secondary N) is 2. The van der Waals surface area contributed by atoms with E-state index in [1.54, 1.807) is 0 Å². The van der Waals surface area contributed by atoms with E-state index < -0.39 is 11.5 Å². The van der Waals surface area contributed by atoms with Crippen LogP contribution in [-0.2, 0) is 9.59 Å². The Morgan fingerprint density at radius 3 is 2.35 bits per heavy atom. The second-order valence-corrected chi connectivity index (χ2v) is 6.34. The molecule has 0 aromatic heterocycles. The van der Waals surface area contributed by atoms with Crippen LogP contribution < -0.4 is 10.6 Å². The molecule has 0 aromatic carbocycles. The lowest BCUT2D eigenvalue weighted by Gasteiger charge is -2.34. The van der Waals surface area contributed by atoms with Crippen molar-refractivity contribution in [1.29, 1.82) is 0 Å². The minimum Gasteiger partial charge on any atom is -0.480 e. The molecule has 3 N–H and O–H groups in total. The van der Waals surface area contributed by atoms with Crippen molar-refractivity contribution in [2.24, 2.45) is 5.92 Å². The quantitative estimate of drug-likeness (QED) is 0.688. The van der Waals surface area contributed by atoms with E-state index in [0.717, 1.165) is 45.1 Å². The summed E-state index contributed by atoms with van der Waals surface area (Å²) < 4.78 is 0. The minimum atomic E-state index is -1.05. The Bertz CT molecular complexity index is 362. The predicted molar refractivity (Wildman–Crippen MR) is 76.4 cm³/mol. The SMILES string of the molecule is CC1CCCNC1C(=O)NC1(C(=O)O)CCCCCC1. The molecule has 1 saturated heterocycles. The Kier molecular flexibility index (Phi) is 5.02. The van der Waals surface area contributed by atoms with Gasteiger partial charge in [-0.25, -0.2) is 4.79 Å². The summed E-state index contributed by atoms with van der Waals surface area (Å²) in [4.78, 5) is 24.2. The van der Waals surface area contributed by atoms with E-state index in [9.17, 15) is 14.7 Å². The highest BCUT2D eigenvalue weighted by atomic mass is 16.4. The zero-order valence-corrected chi connectivity index (χ0v) is 12.3. The van der Waals surface area contributed by atoms with Gasteiger partial charge in [0.1, 0.15) is 5.54 Å². The van der Waals surface area contributed by atoms with Gasteiger partial charge in [0.15, 0.2) is 0 Å². The number of rotatable bonds is 3. The zero-order chi connectivity index (χ0) is 14.6. The van der Waals surface area contributed by atoms with Crippen LogP contribution in [0.25, 0.3) is 0 Å². The lowest BCUT2D eigenvalue weighted by Crippen LogP contribution is -2.60. The van der Waals surface area contributed by atoms with Crippen LogP contribution in [0.15, 0.2) is 0 Å². The number of hydrogen-bond donors (Lipinski definition) is 3. The fraction of sp³-hybridized carbons (Fsp3) is 0.867. The second kappa shape index (κ2) is 6.57. The van der Waals surface area contributed by atoms with Crippen molar-refractivity contribution in [1.82, 2.24) is 10.6 Å². The van der Waals surface area contributed by atoms with Crippen LogP contribution in [0, 0.1) is 5.92 Å². The van der Waals surface area contributed by atoms with Gasteiger partial charge in [-0.15, -0.1) is 0 Å². The first-order valence-electron chi connectivity index (χ1n) is 7.84. The summed E-state index contributed by atoms with van der Waals surface area (Å²) in [7, 11) is 0. The van der Waals surface area contributed by atoms with E-state index in [1.807, 2.05) is 0 Å². The molecule has 20 heavy (non-hydrogen) atoms. The van der Waals surface area contributed by atoms with Crippen LogP contribution in [-0.4, -0.2) is 35.1 Å². The van der Waals surface area contributed by atoms with Crippen molar-refractivity contribution in [3.8, 4) is 0 Å². The lowest BCUT2D eigenvalue weighted by molar-refractivity contribution is -0.149. The molecule has 1 saturated carbocycles. The van der Waals surface area contributed by atoms with Gasteiger partial charge in [-0.3, -0.25) is 4.79 Å². The monoisotopic (exact) mass is 282 g/mol. The molecule has 2 atom stereocenters. The van der Waals surface area contributed by atoms with Crippen molar-refractivity contribution < 1.29 is 14.7 Å². The number of piperidine rings is 1. The molecule has 1 heterocycles. The molecule has 0 aromatic rings. The van der Waals surface area contributed by atoms with Crippen molar-refractivity contribution in [2.75, 3.05) is 6.54 Å². The van der Waals surface area contributed by atoms with Gasteiger partial charge in [-0.2, -0.15) is 0 Å². The third kappa shape index (κ3) is 3.32. The molecular weight excluding hydrogens is 256 g/mol. The molecule has 0 radical (unpaired) electrons. The Balaban J connectivity index is 2.07. The average Bonchev–Trinajstić information content (AvgIpc) is 2.65. The Morgan fingerprint density at radius 2 is 1.80 bits per heavy atom. The molecule has 2 fully saturated rings. The largest absolute Gasteiger partial charge is 0.480 e. The third-order valence-corrected chi connectivity index (χ3v) is 4.78. The van der Waals surface area contributed by atoms with Crippen LogP contribution >= 0.6 is 0 Å². The smallest absolute Gasteiger partial charge is 0.329 e. The Hall–Kier alpha value is -1.10. The molecule has 114 valence electrons. The highest BCUT2D eigenvalue weighted by molar-refractivity contribution is 5.89. The highest BCUT2D eigenvalue weighted by Gasteiger charge is 2.42. The molecule has 5 nitrogen and oxygen atoms in total. The molecule has 2 aliphatic rings. The average molecular weight is 282 g/mol. The molecule has 0 bridgehead atoms. The first kappa shape index (κ1) is 15.3. The summed E-state index contributed by atoms with van der Waals surface area (Å²) in [5, 5.41) is 15.7. The van der Waals surface area contributed by atoms with Crippen molar-refractivity contribution in [3.63, 3.8) is 0 Å². The fourth-order valence-electron chi connectivity index (χ4n) is 3.44. The summed E-state index contributed by atoms with van der Waals surface area (Å²) in [6, 6.07) is -0.247. The standard InChI is InChI=1S/C15H26N2O3/c1-11-7-6-10-16-12(11)13(18)17-15(14(19)20)8-4-2-3-5-9-15/h11-12,16H,2-10H2,1H3,(H,17,18)(H,19,20). The van der Waals surface area contributed by atoms with E-state index in [-0.39, 0.29) is 17.9 Å². The number of carbonyl (C=O) groups excluding carboxylic acids is 1. The number of carbonyl (C=O) groups is 2. The van der Waals surface area contributed by atoms with Crippen molar-refractivity contribution in [3.05, 3.63) is 0 Å². The Morgan fingerprint density at radius 1 is 1.15 bits per heavy atom. The normalized spacial score (nSPS) is 30.2. The predicted octanol–water partition coefficient (Wildman–Crippen LogP) is 1.67. The molecular formula is C15H26N2O3. The lowest BCUT2D eigenvalue weighted by atomic mass is 9.87. The first-order chi connectivity index (χ1) is 9.55. The minimum absolute atomic E-state index is 0.137. The van der Waals surface area contributed by atoms with Crippen LogP contribution in [0.1, 0.15) is 58.3 Å². The summed E-state index contributed by atoms with van der Waals surface area (Å²) in [6.45, 7) is 2.89. The van der Waals surface area contributed by atoms with Gasteiger partial charge < -0.3 is 15.7 Å². The molecule has 2 unspecified atom stereocenters. The maximum absolute atomic E-state index is 12.5. The van der Waals surface area contributed by atoms with Crippen LogP contribution in [0.2, 0.25) is 0 Å². The molecule has 1 aliphatic heterocycles. The van der Waals surface area contributed by atoms with Gasteiger partial charge in [0, 0.05) is 0 Å². The first-order valence-corrected chi connectivity index (χ1v) is 7.84. The Labute approximate surface area is 120 Å². The van der Waals surface area contributed by atoms with E-state index in [4.69, 9.17) is 0 Å². The van der Waals surface area contributed by atoms with Gasteiger partial charge in [-0.1, -0.05) is 32.6 Å². The zero-order valence-electron chi connectivity index (χ0n) is 12.3.